The Morgan fingerprint density at radius 2 is 1.58 bits per heavy atom. The number of likely N-dealkylation sites (N-methyl/N-ethyl adjacent to an activating group) is 2. The number of esters is 1. The summed E-state index contributed by atoms with van der Waals surface area (Å²) in [5, 5.41) is 6.33. The molecule has 2 amide bonds. The quantitative estimate of drug-likeness (QED) is 0.266. The van der Waals surface area contributed by atoms with Crippen LogP contribution in [-0.2, 0) is 24.5 Å². The molecular formula is C31H51N3O4. The summed E-state index contributed by atoms with van der Waals surface area (Å²) in [4.78, 5) is 42.1. The van der Waals surface area contributed by atoms with Gasteiger partial charge in [-0.15, -0.1) is 0 Å². The van der Waals surface area contributed by atoms with Gasteiger partial charge in [0.25, 0.3) is 0 Å². The van der Waals surface area contributed by atoms with Gasteiger partial charge in [-0.2, -0.15) is 0 Å². The second-order valence-electron chi connectivity index (χ2n) is 11.5. The van der Waals surface area contributed by atoms with Gasteiger partial charge in [0.1, 0.15) is 6.04 Å². The molecule has 38 heavy (non-hydrogen) atoms. The Morgan fingerprint density at radius 3 is 2.03 bits per heavy atom. The molecule has 0 saturated heterocycles. The Balaban J connectivity index is 3.44. The number of hydrogen-bond acceptors (Lipinski definition) is 5. The molecule has 0 aliphatic heterocycles. The number of carbonyl (C=O) groups excluding carboxylic acids is 3. The minimum Gasteiger partial charge on any atom is -0.463 e. The number of rotatable bonds is 14. The highest BCUT2D eigenvalue weighted by Crippen LogP contribution is 2.31. The highest BCUT2D eigenvalue weighted by atomic mass is 16.5. The van der Waals surface area contributed by atoms with E-state index in [0.717, 1.165) is 5.56 Å². The lowest BCUT2D eigenvalue weighted by molar-refractivity contribution is -0.142. The highest BCUT2D eigenvalue weighted by Gasteiger charge is 2.43. The van der Waals surface area contributed by atoms with E-state index in [0.29, 0.717) is 18.5 Å². The van der Waals surface area contributed by atoms with Crippen LogP contribution in [0.5, 0.6) is 0 Å². The number of nitrogens with one attached hydrogen (secondary N) is 2. The van der Waals surface area contributed by atoms with Crippen LogP contribution in [-0.4, -0.2) is 61.0 Å². The zero-order valence-electron chi connectivity index (χ0n) is 25.5. The van der Waals surface area contributed by atoms with Crippen molar-refractivity contribution in [1.82, 2.24) is 15.5 Å². The lowest BCUT2D eigenvalue weighted by atomic mass is 9.76. The van der Waals surface area contributed by atoms with Gasteiger partial charge in [-0.05, 0) is 51.1 Å². The van der Waals surface area contributed by atoms with E-state index in [-0.39, 0.29) is 36.4 Å². The molecule has 0 unspecified atom stereocenters. The number of hydrogen-bond donors (Lipinski definition) is 2. The molecule has 7 nitrogen and oxygen atoms in total. The molecule has 0 heterocycles. The summed E-state index contributed by atoms with van der Waals surface area (Å²) >= 11 is 0. The maximum absolute atomic E-state index is 14.2. The van der Waals surface area contributed by atoms with E-state index in [1.165, 1.54) is 0 Å². The minimum absolute atomic E-state index is 0.0476. The van der Waals surface area contributed by atoms with Crippen molar-refractivity contribution >= 4 is 17.8 Å². The topological polar surface area (TPSA) is 87.7 Å². The third-order valence-corrected chi connectivity index (χ3v) is 7.70. The van der Waals surface area contributed by atoms with Crippen LogP contribution in [0, 0.1) is 11.3 Å². The molecule has 3 atom stereocenters. The third-order valence-electron chi connectivity index (χ3n) is 7.70. The molecule has 0 fully saturated rings. The minimum atomic E-state index is -0.750. The van der Waals surface area contributed by atoms with Crippen LogP contribution < -0.4 is 10.6 Å². The van der Waals surface area contributed by atoms with Gasteiger partial charge < -0.3 is 20.3 Å². The summed E-state index contributed by atoms with van der Waals surface area (Å²) in [6, 6.07) is 8.27. The first-order valence-electron chi connectivity index (χ1n) is 13.9. The molecule has 0 bridgehead atoms. The largest absolute Gasteiger partial charge is 0.463 e. The van der Waals surface area contributed by atoms with Crippen molar-refractivity contribution in [2.24, 2.45) is 11.3 Å². The summed E-state index contributed by atoms with van der Waals surface area (Å²) in [5.74, 6) is -0.727. The SMILES string of the molecule is CCOC(=O)/C(C)=C/[C@H](C(C)C)N(CC)C(=O)[C@@H](NC(=O)[C@@H](NC)C(C)(C)c1ccccc1)C(C)(C)CC. The van der Waals surface area contributed by atoms with Crippen molar-refractivity contribution in [2.45, 2.75) is 99.2 Å². The number of carbonyl (C=O) groups is 3. The van der Waals surface area contributed by atoms with Crippen LogP contribution in [0.3, 0.4) is 0 Å². The first kappa shape index (κ1) is 33.4. The molecule has 0 aliphatic rings. The van der Waals surface area contributed by atoms with E-state index in [4.69, 9.17) is 4.74 Å². The van der Waals surface area contributed by atoms with Gasteiger partial charge in [-0.3, -0.25) is 9.59 Å². The van der Waals surface area contributed by atoms with E-state index in [1.807, 2.05) is 91.8 Å². The van der Waals surface area contributed by atoms with Crippen LogP contribution in [0.4, 0.5) is 0 Å². The molecule has 1 aromatic carbocycles. The Kier molecular flexibility index (Phi) is 12.7. The van der Waals surface area contributed by atoms with Crippen LogP contribution in [0.25, 0.3) is 0 Å². The lowest BCUT2D eigenvalue weighted by Gasteiger charge is -2.41. The van der Waals surface area contributed by atoms with E-state index < -0.39 is 22.9 Å². The molecular weight excluding hydrogens is 478 g/mol. The lowest BCUT2D eigenvalue weighted by Crippen LogP contribution is -2.62. The van der Waals surface area contributed by atoms with Gasteiger partial charge in [0.2, 0.25) is 11.8 Å². The molecule has 1 rings (SSSR count). The predicted octanol–water partition coefficient (Wildman–Crippen LogP) is 4.86. The summed E-state index contributed by atoms with van der Waals surface area (Å²) in [7, 11) is 1.77. The Morgan fingerprint density at radius 1 is 1.00 bits per heavy atom. The fraction of sp³-hybridized carbons (Fsp3) is 0.645. The van der Waals surface area contributed by atoms with Crippen LogP contribution in [0.15, 0.2) is 42.0 Å². The van der Waals surface area contributed by atoms with E-state index >= 15 is 0 Å². The second kappa shape index (κ2) is 14.5. The van der Waals surface area contributed by atoms with Crippen LogP contribution in [0.1, 0.15) is 81.2 Å². The molecule has 214 valence electrons. The second-order valence-corrected chi connectivity index (χ2v) is 11.5. The molecule has 0 saturated carbocycles. The summed E-state index contributed by atoms with van der Waals surface area (Å²) < 4.78 is 5.16. The van der Waals surface area contributed by atoms with Gasteiger partial charge in [0.05, 0.1) is 18.7 Å². The predicted molar refractivity (Wildman–Crippen MR) is 155 cm³/mol. The van der Waals surface area contributed by atoms with Crippen LogP contribution in [0.2, 0.25) is 0 Å². The average Bonchev–Trinajstić information content (AvgIpc) is 2.87. The summed E-state index contributed by atoms with van der Waals surface area (Å²) in [6.45, 7) is 20.3. The van der Waals surface area contributed by atoms with Crippen molar-refractivity contribution in [2.75, 3.05) is 20.2 Å². The van der Waals surface area contributed by atoms with Crippen molar-refractivity contribution in [3.05, 3.63) is 47.5 Å². The van der Waals surface area contributed by atoms with Gasteiger partial charge in [-0.25, -0.2) is 4.79 Å². The summed E-state index contributed by atoms with van der Waals surface area (Å²) in [6.07, 6.45) is 2.51. The normalized spacial score (nSPS) is 15.0. The molecule has 0 aliphatic carbocycles. The van der Waals surface area contributed by atoms with E-state index in [2.05, 4.69) is 10.6 Å². The van der Waals surface area contributed by atoms with Crippen molar-refractivity contribution < 1.29 is 19.1 Å². The molecule has 0 spiro atoms. The molecule has 1 aromatic rings. The standard InChI is InChI=1S/C31H51N3O4/c1-12-30(7,8)26(33-27(35)25(32-11)31(9,10)23-18-16-15-17-19-23)28(36)34(13-2)24(21(4)5)20-22(6)29(37)38-14-3/h15-21,24-26,32H,12-14H2,1-11H3,(H,33,35)/b22-20+/t24-,25-,26-/m1/s1. The smallest absolute Gasteiger partial charge is 0.333 e. The van der Waals surface area contributed by atoms with E-state index in [9.17, 15) is 14.4 Å². The fourth-order valence-electron chi connectivity index (χ4n) is 4.77. The van der Waals surface area contributed by atoms with Crippen LogP contribution >= 0.6 is 0 Å². The zero-order chi connectivity index (χ0) is 29.3. The maximum Gasteiger partial charge on any atom is 0.333 e. The highest BCUT2D eigenvalue weighted by molar-refractivity contribution is 5.92. The molecule has 0 radical (unpaired) electrons. The van der Waals surface area contributed by atoms with Crippen molar-refractivity contribution in [3.63, 3.8) is 0 Å². The monoisotopic (exact) mass is 529 g/mol. The summed E-state index contributed by atoms with van der Waals surface area (Å²) in [5.41, 5.74) is 0.472. The Hall–Kier alpha value is -2.67. The van der Waals surface area contributed by atoms with Gasteiger partial charge in [0.15, 0.2) is 0 Å². The molecule has 0 aromatic heterocycles. The fourth-order valence-corrected chi connectivity index (χ4v) is 4.77. The number of ether oxygens (including phenoxy) is 1. The van der Waals surface area contributed by atoms with Crippen molar-refractivity contribution in [1.29, 1.82) is 0 Å². The number of benzene rings is 1. The third kappa shape index (κ3) is 8.16. The van der Waals surface area contributed by atoms with Crippen molar-refractivity contribution in [3.8, 4) is 0 Å². The maximum atomic E-state index is 14.2. The molecule has 2 N–H and O–H groups in total. The van der Waals surface area contributed by atoms with Gasteiger partial charge in [0, 0.05) is 17.5 Å². The molecule has 7 heteroatoms. The number of nitrogens with zero attached hydrogens (tertiary/aromatic N) is 1. The Labute approximate surface area is 230 Å². The van der Waals surface area contributed by atoms with Gasteiger partial charge >= 0.3 is 5.97 Å². The first-order chi connectivity index (χ1) is 17.7. The first-order valence-corrected chi connectivity index (χ1v) is 13.9. The average molecular weight is 530 g/mol. The van der Waals surface area contributed by atoms with E-state index in [1.54, 1.807) is 25.8 Å². The van der Waals surface area contributed by atoms with Gasteiger partial charge in [-0.1, -0.05) is 84.9 Å². The number of amides is 2. The zero-order valence-corrected chi connectivity index (χ0v) is 25.5. The Bertz CT molecular complexity index is 953.